The molecule has 0 amide bonds. The first-order chi connectivity index (χ1) is 11.5. The summed E-state index contributed by atoms with van der Waals surface area (Å²) in [7, 11) is 0. The van der Waals surface area contributed by atoms with Crippen LogP contribution in [-0.2, 0) is 0 Å². The Morgan fingerprint density at radius 1 is 1.08 bits per heavy atom. The molecule has 0 atom stereocenters. The van der Waals surface area contributed by atoms with Crippen LogP contribution < -0.4 is 10.2 Å². The molecule has 1 heterocycles. The molecule has 126 valence electrons. The third-order valence-electron chi connectivity index (χ3n) is 3.93. The highest BCUT2D eigenvalue weighted by Gasteiger charge is 2.19. The maximum atomic E-state index is 13.0. The number of anilines is 2. The van der Waals surface area contributed by atoms with E-state index in [0.717, 1.165) is 42.0 Å². The molecule has 0 unspecified atom stereocenters. The van der Waals surface area contributed by atoms with Crippen molar-refractivity contribution in [2.24, 2.45) is 0 Å². The van der Waals surface area contributed by atoms with E-state index in [1.54, 1.807) is 0 Å². The van der Waals surface area contributed by atoms with E-state index in [9.17, 15) is 4.39 Å². The van der Waals surface area contributed by atoms with Gasteiger partial charge in [-0.05, 0) is 70.6 Å². The van der Waals surface area contributed by atoms with Gasteiger partial charge in [0.1, 0.15) is 5.82 Å². The van der Waals surface area contributed by atoms with Gasteiger partial charge in [0.25, 0.3) is 0 Å². The van der Waals surface area contributed by atoms with E-state index >= 15 is 0 Å². The van der Waals surface area contributed by atoms with E-state index < -0.39 is 0 Å². The van der Waals surface area contributed by atoms with Gasteiger partial charge in [-0.25, -0.2) is 4.39 Å². The molecule has 1 saturated heterocycles. The van der Waals surface area contributed by atoms with Crippen LogP contribution in [0.5, 0.6) is 0 Å². The monoisotopic (exact) mass is 427 g/mol. The van der Waals surface area contributed by atoms with Crippen LogP contribution in [-0.4, -0.2) is 36.2 Å². The Balaban J connectivity index is 1.56. The van der Waals surface area contributed by atoms with E-state index in [1.165, 1.54) is 12.1 Å². The summed E-state index contributed by atoms with van der Waals surface area (Å²) in [6.07, 6.45) is 0. The van der Waals surface area contributed by atoms with Crippen LogP contribution in [0.3, 0.4) is 0 Å². The predicted octanol–water partition coefficient (Wildman–Crippen LogP) is 4.76. The van der Waals surface area contributed by atoms with Gasteiger partial charge in [-0.15, -0.1) is 0 Å². The summed E-state index contributed by atoms with van der Waals surface area (Å²) < 4.78 is 13.9. The summed E-state index contributed by atoms with van der Waals surface area (Å²) in [4.78, 5) is 4.36. The van der Waals surface area contributed by atoms with E-state index in [-0.39, 0.29) is 5.82 Å². The average Bonchev–Trinajstić information content (AvgIpc) is 2.59. The van der Waals surface area contributed by atoms with Crippen molar-refractivity contribution in [2.75, 3.05) is 36.4 Å². The largest absolute Gasteiger partial charge is 0.368 e. The normalized spacial score (nSPS) is 14.6. The Morgan fingerprint density at radius 3 is 2.38 bits per heavy atom. The van der Waals surface area contributed by atoms with Crippen LogP contribution >= 0.6 is 39.7 Å². The molecule has 0 saturated carbocycles. The zero-order valence-electron chi connectivity index (χ0n) is 12.8. The van der Waals surface area contributed by atoms with Crippen molar-refractivity contribution in [3.8, 4) is 0 Å². The maximum absolute atomic E-state index is 13.0. The molecular weight excluding hydrogens is 413 g/mol. The van der Waals surface area contributed by atoms with Gasteiger partial charge >= 0.3 is 0 Å². The first kappa shape index (κ1) is 17.5. The third kappa shape index (κ3) is 4.18. The summed E-state index contributed by atoms with van der Waals surface area (Å²) in [6.45, 7) is 3.31. The molecule has 3 rings (SSSR count). The third-order valence-corrected chi connectivity index (χ3v) is 5.52. The second-order valence-electron chi connectivity index (χ2n) is 5.51. The number of halogens is 3. The minimum Gasteiger partial charge on any atom is -0.368 e. The quantitative estimate of drug-likeness (QED) is 0.695. The van der Waals surface area contributed by atoms with Crippen molar-refractivity contribution in [3.63, 3.8) is 0 Å². The van der Waals surface area contributed by atoms with Crippen LogP contribution in [0, 0.1) is 5.82 Å². The molecule has 24 heavy (non-hydrogen) atoms. The van der Waals surface area contributed by atoms with Gasteiger partial charge in [0.2, 0.25) is 0 Å². The standard InChI is InChI=1S/C17H16BrClFN3S/c18-15-6-3-13(11-16(15)19)21-17(24)23-9-7-22(8-10-23)14-4-1-12(20)2-5-14/h1-6,11H,7-10H2,(H,21,24). The molecule has 0 radical (unpaired) electrons. The fraction of sp³-hybridized carbons (Fsp3) is 0.235. The summed E-state index contributed by atoms with van der Waals surface area (Å²) >= 11 is 15.0. The smallest absolute Gasteiger partial charge is 0.173 e. The van der Waals surface area contributed by atoms with Crippen molar-refractivity contribution >= 4 is 56.2 Å². The highest BCUT2D eigenvalue weighted by atomic mass is 79.9. The first-order valence-corrected chi connectivity index (χ1v) is 9.12. The predicted molar refractivity (Wildman–Crippen MR) is 106 cm³/mol. The Kier molecular flexibility index (Phi) is 5.58. The van der Waals surface area contributed by atoms with Gasteiger partial charge in [-0.2, -0.15) is 0 Å². The molecule has 0 bridgehead atoms. The lowest BCUT2D eigenvalue weighted by Crippen LogP contribution is -2.50. The number of thiocarbonyl (C=S) groups is 1. The molecule has 0 aromatic heterocycles. The maximum Gasteiger partial charge on any atom is 0.173 e. The topological polar surface area (TPSA) is 18.5 Å². The summed E-state index contributed by atoms with van der Waals surface area (Å²) in [6, 6.07) is 12.3. The van der Waals surface area contributed by atoms with Crippen molar-refractivity contribution in [2.45, 2.75) is 0 Å². The fourth-order valence-corrected chi connectivity index (χ4v) is 3.32. The van der Waals surface area contributed by atoms with Crippen LogP contribution in [0.25, 0.3) is 0 Å². The van der Waals surface area contributed by atoms with Gasteiger partial charge < -0.3 is 15.1 Å². The Labute approximate surface area is 159 Å². The van der Waals surface area contributed by atoms with Gasteiger partial charge in [-0.1, -0.05) is 11.6 Å². The molecule has 7 heteroatoms. The number of hydrogen-bond acceptors (Lipinski definition) is 2. The lowest BCUT2D eigenvalue weighted by atomic mass is 10.2. The summed E-state index contributed by atoms with van der Waals surface area (Å²) in [5.41, 5.74) is 1.91. The molecule has 2 aromatic carbocycles. The minimum atomic E-state index is -0.212. The van der Waals surface area contributed by atoms with Gasteiger partial charge in [0, 0.05) is 42.0 Å². The SMILES string of the molecule is Fc1ccc(N2CCN(C(=S)Nc3ccc(Br)c(Cl)c3)CC2)cc1. The van der Waals surface area contributed by atoms with Crippen LogP contribution in [0.4, 0.5) is 15.8 Å². The Bertz CT molecular complexity index is 733. The lowest BCUT2D eigenvalue weighted by Gasteiger charge is -2.37. The van der Waals surface area contributed by atoms with E-state index in [0.29, 0.717) is 10.1 Å². The molecule has 1 fully saturated rings. The summed E-state index contributed by atoms with van der Waals surface area (Å²) in [5, 5.41) is 4.56. The van der Waals surface area contributed by atoms with Gasteiger partial charge in [0.05, 0.1) is 5.02 Å². The Hall–Kier alpha value is -1.37. The molecular formula is C17H16BrClFN3S. The van der Waals surface area contributed by atoms with Crippen LogP contribution in [0.2, 0.25) is 5.02 Å². The highest BCUT2D eigenvalue weighted by Crippen LogP contribution is 2.26. The number of hydrogen-bond donors (Lipinski definition) is 1. The van der Waals surface area contributed by atoms with Crippen LogP contribution in [0.1, 0.15) is 0 Å². The van der Waals surface area contributed by atoms with Crippen LogP contribution in [0.15, 0.2) is 46.9 Å². The molecule has 1 aliphatic rings. The molecule has 0 aliphatic carbocycles. The van der Waals surface area contributed by atoms with E-state index in [2.05, 4.69) is 31.0 Å². The second kappa shape index (κ2) is 7.68. The highest BCUT2D eigenvalue weighted by molar-refractivity contribution is 9.10. The fourth-order valence-electron chi connectivity index (χ4n) is 2.60. The second-order valence-corrected chi connectivity index (χ2v) is 7.16. The molecule has 1 N–H and O–H groups in total. The van der Waals surface area contributed by atoms with Gasteiger partial charge in [0.15, 0.2) is 5.11 Å². The van der Waals surface area contributed by atoms with E-state index in [1.807, 2.05) is 30.3 Å². The van der Waals surface area contributed by atoms with Gasteiger partial charge in [-0.3, -0.25) is 0 Å². The zero-order valence-corrected chi connectivity index (χ0v) is 16.0. The lowest BCUT2D eigenvalue weighted by molar-refractivity contribution is 0.391. The number of nitrogens with one attached hydrogen (secondary N) is 1. The van der Waals surface area contributed by atoms with Crippen molar-refractivity contribution < 1.29 is 4.39 Å². The molecule has 3 nitrogen and oxygen atoms in total. The van der Waals surface area contributed by atoms with E-state index in [4.69, 9.17) is 23.8 Å². The first-order valence-electron chi connectivity index (χ1n) is 7.54. The summed E-state index contributed by atoms with van der Waals surface area (Å²) in [5.74, 6) is -0.212. The van der Waals surface area contributed by atoms with Crippen molar-refractivity contribution in [3.05, 3.63) is 57.8 Å². The minimum absolute atomic E-state index is 0.212. The van der Waals surface area contributed by atoms with Crippen molar-refractivity contribution in [1.29, 1.82) is 0 Å². The number of rotatable bonds is 2. The average molecular weight is 429 g/mol. The molecule has 0 spiro atoms. The molecule has 1 aliphatic heterocycles. The number of piperazine rings is 1. The zero-order chi connectivity index (χ0) is 17.1. The number of nitrogens with zero attached hydrogens (tertiary/aromatic N) is 2. The van der Waals surface area contributed by atoms with Crippen molar-refractivity contribution in [1.82, 2.24) is 4.90 Å². The Morgan fingerprint density at radius 2 is 1.75 bits per heavy atom. The molecule has 2 aromatic rings. The number of benzene rings is 2.